The summed E-state index contributed by atoms with van der Waals surface area (Å²) in [6.07, 6.45) is 3.21. The van der Waals surface area contributed by atoms with Crippen LogP contribution in [0.1, 0.15) is 23.3 Å². The van der Waals surface area contributed by atoms with Crippen molar-refractivity contribution in [2.24, 2.45) is 5.92 Å². The first-order valence-corrected chi connectivity index (χ1v) is 9.85. The summed E-state index contributed by atoms with van der Waals surface area (Å²) in [7, 11) is 1.79. The van der Waals surface area contributed by atoms with Crippen molar-refractivity contribution in [2.75, 3.05) is 26.7 Å². The van der Waals surface area contributed by atoms with Gasteiger partial charge in [-0.15, -0.1) is 0 Å². The van der Waals surface area contributed by atoms with E-state index < -0.39 is 0 Å². The number of benzene rings is 2. The summed E-state index contributed by atoms with van der Waals surface area (Å²) in [4.78, 5) is 32.0. The molecule has 1 N–H and O–H groups in total. The fourth-order valence-electron chi connectivity index (χ4n) is 4.27. The Balaban J connectivity index is 0.00000256. The Kier molecular flexibility index (Phi) is 5.21. The Hall–Kier alpha value is -3.34. The number of hydrogen-bond donors (Lipinski definition) is 1. The Bertz CT molecular complexity index is 1050. The van der Waals surface area contributed by atoms with Gasteiger partial charge >= 0.3 is 0 Å². The molecule has 1 aliphatic rings. The maximum absolute atomic E-state index is 13.2. The standard InChI is InChI=1S/C24H25N3O2.H2/c1-3-23(28)26(2)14-20-15-27(16-21(20)17-7-5-4-6-8-17)24(29)19-9-10-22-18(13-19)11-12-25-22;/h3-13,20-21,25H,1,14-16H2,2H3;1H/t20?,21-;/m0./s1. The molecule has 0 radical (unpaired) electrons. The number of likely N-dealkylation sites (N-methyl/N-ethyl adjacent to an activating group) is 1. The van der Waals surface area contributed by atoms with Crippen LogP contribution >= 0.6 is 0 Å². The van der Waals surface area contributed by atoms with Gasteiger partial charge in [0.2, 0.25) is 5.91 Å². The van der Waals surface area contributed by atoms with Gasteiger partial charge in [-0.25, -0.2) is 0 Å². The van der Waals surface area contributed by atoms with Crippen LogP contribution in [-0.4, -0.2) is 53.3 Å². The topological polar surface area (TPSA) is 56.4 Å². The highest BCUT2D eigenvalue weighted by atomic mass is 16.2. The number of nitrogens with one attached hydrogen (secondary N) is 1. The summed E-state index contributed by atoms with van der Waals surface area (Å²) in [6.45, 7) is 5.44. The minimum atomic E-state index is -0.0977. The van der Waals surface area contributed by atoms with Gasteiger partial charge < -0.3 is 14.8 Å². The highest BCUT2D eigenvalue weighted by Crippen LogP contribution is 2.34. The Labute approximate surface area is 172 Å². The van der Waals surface area contributed by atoms with Crippen LogP contribution in [0.5, 0.6) is 0 Å². The minimum Gasteiger partial charge on any atom is -0.361 e. The largest absolute Gasteiger partial charge is 0.361 e. The summed E-state index contributed by atoms with van der Waals surface area (Å²) in [5.74, 6) is 0.302. The molecular weight excluding hydrogens is 362 g/mol. The molecule has 3 aromatic rings. The number of fused-ring (bicyclic) bond motifs is 1. The number of nitrogens with zero attached hydrogens (tertiary/aromatic N) is 2. The van der Waals surface area contributed by atoms with Crippen LogP contribution < -0.4 is 0 Å². The molecule has 1 aliphatic heterocycles. The summed E-state index contributed by atoms with van der Waals surface area (Å²) in [5, 5.41) is 1.03. The van der Waals surface area contributed by atoms with Gasteiger partial charge in [0.1, 0.15) is 0 Å². The normalized spacial score (nSPS) is 18.7. The van der Waals surface area contributed by atoms with E-state index in [2.05, 4.69) is 23.7 Å². The van der Waals surface area contributed by atoms with Gasteiger partial charge in [0, 0.05) is 62.6 Å². The predicted octanol–water partition coefficient (Wildman–Crippen LogP) is 3.91. The zero-order valence-electron chi connectivity index (χ0n) is 16.5. The average Bonchev–Trinajstić information content (AvgIpc) is 3.39. The van der Waals surface area contributed by atoms with Gasteiger partial charge in [-0.3, -0.25) is 9.59 Å². The van der Waals surface area contributed by atoms with E-state index in [9.17, 15) is 9.59 Å². The molecular formula is C24H27N3O2. The molecule has 0 spiro atoms. The van der Waals surface area contributed by atoms with E-state index in [1.165, 1.54) is 11.6 Å². The number of likely N-dealkylation sites (tertiary alicyclic amines) is 1. The molecule has 2 atom stereocenters. The first-order valence-electron chi connectivity index (χ1n) is 9.85. The van der Waals surface area contributed by atoms with Gasteiger partial charge in [-0.05, 0) is 35.9 Å². The van der Waals surface area contributed by atoms with Crippen molar-refractivity contribution in [2.45, 2.75) is 5.92 Å². The lowest BCUT2D eigenvalue weighted by Crippen LogP contribution is -2.34. The maximum Gasteiger partial charge on any atom is 0.253 e. The van der Waals surface area contributed by atoms with Crippen LogP contribution in [0.2, 0.25) is 0 Å². The van der Waals surface area contributed by atoms with Gasteiger partial charge in [-0.1, -0.05) is 36.9 Å². The van der Waals surface area contributed by atoms with Crippen LogP contribution in [0.25, 0.3) is 10.9 Å². The van der Waals surface area contributed by atoms with Crippen LogP contribution in [0, 0.1) is 5.92 Å². The van der Waals surface area contributed by atoms with Gasteiger partial charge in [0.25, 0.3) is 5.91 Å². The van der Waals surface area contributed by atoms with Crippen molar-refractivity contribution in [3.8, 4) is 0 Å². The smallest absolute Gasteiger partial charge is 0.253 e. The molecule has 1 aromatic heterocycles. The third-order valence-electron chi connectivity index (χ3n) is 5.82. The van der Waals surface area contributed by atoms with E-state index >= 15 is 0 Å². The molecule has 2 heterocycles. The lowest BCUT2D eigenvalue weighted by molar-refractivity contribution is -0.125. The van der Waals surface area contributed by atoms with E-state index in [1.54, 1.807) is 11.9 Å². The highest BCUT2D eigenvalue weighted by molar-refractivity contribution is 5.98. The molecule has 5 heteroatoms. The van der Waals surface area contributed by atoms with Crippen molar-refractivity contribution in [3.05, 3.63) is 84.6 Å². The Morgan fingerprint density at radius 1 is 1.21 bits per heavy atom. The number of amides is 2. The van der Waals surface area contributed by atoms with E-state index in [0.717, 1.165) is 10.9 Å². The van der Waals surface area contributed by atoms with Gasteiger partial charge in [-0.2, -0.15) is 0 Å². The second kappa shape index (κ2) is 7.95. The number of rotatable bonds is 5. The summed E-state index contributed by atoms with van der Waals surface area (Å²) < 4.78 is 0. The average molecular weight is 389 g/mol. The number of H-pyrrole nitrogens is 1. The summed E-state index contributed by atoms with van der Waals surface area (Å²) in [6, 6.07) is 18.0. The molecule has 2 aromatic carbocycles. The minimum absolute atomic E-state index is 0. The number of hydrogen-bond acceptors (Lipinski definition) is 2. The zero-order valence-corrected chi connectivity index (χ0v) is 16.5. The summed E-state index contributed by atoms with van der Waals surface area (Å²) in [5.41, 5.74) is 2.92. The lowest BCUT2D eigenvalue weighted by Gasteiger charge is -2.24. The molecule has 5 nitrogen and oxygen atoms in total. The molecule has 0 bridgehead atoms. The number of aromatic amines is 1. The second-order valence-electron chi connectivity index (χ2n) is 7.69. The lowest BCUT2D eigenvalue weighted by atomic mass is 9.88. The van der Waals surface area contributed by atoms with Crippen molar-refractivity contribution in [1.29, 1.82) is 0 Å². The first kappa shape index (κ1) is 19.0. The number of aromatic nitrogens is 1. The van der Waals surface area contributed by atoms with Crippen molar-refractivity contribution in [3.63, 3.8) is 0 Å². The molecule has 0 saturated carbocycles. The zero-order chi connectivity index (χ0) is 20.4. The highest BCUT2D eigenvalue weighted by Gasteiger charge is 2.37. The monoisotopic (exact) mass is 389 g/mol. The second-order valence-corrected chi connectivity index (χ2v) is 7.69. The van der Waals surface area contributed by atoms with E-state index in [4.69, 9.17) is 0 Å². The molecule has 150 valence electrons. The molecule has 1 fully saturated rings. The maximum atomic E-state index is 13.2. The predicted molar refractivity (Wildman–Crippen MR) is 117 cm³/mol. The molecule has 1 saturated heterocycles. The molecule has 29 heavy (non-hydrogen) atoms. The fraction of sp³-hybridized carbons (Fsp3) is 0.250. The third-order valence-corrected chi connectivity index (χ3v) is 5.82. The van der Waals surface area contributed by atoms with Crippen molar-refractivity contribution >= 4 is 22.7 Å². The summed E-state index contributed by atoms with van der Waals surface area (Å²) >= 11 is 0. The van der Waals surface area contributed by atoms with Crippen molar-refractivity contribution in [1.82, 2.24) is 14.8 Å². The quantitative estimate of drug-likeness (QED) is 0.673. The van der Waals surface area contributed by atoms with Crippen LogP contribution in [0.15, 0.2) is 73.4 Å². The van der Waals surface area contributed by atoms with E-state index in [1.807, 2.05) is 53.6 Å². The fourth-order valence-corrected chi connectivity index (χ4v) is 4.27. The van der Waals surface area contributed by atoms with Crippen molar-refractivity contribution < 1.29 is 11.0 Å². The Morgan fingerprint density at radius 3 is 2.76 bits per heavy atom. The molecule has 2 amide bonds. The van der Waals surface area contributed by atoms with E-state index in [0.29, 0.717) is 25.2 Å². The number of carbonyl (C=O) groups is 2. The van der Waals surface area contributed by atoms with Crippen LogP contribution in [-0.2, 0) is 4.79 Å². The van der Waals surface area contributed by atoms with Crippen LogP contribution in [0.4, 0.5) is 0 Å². The molecule has 1 unspecified atom stereocenters. The van der Waals surface area contributed by atoms with Gasteiger partial charge in [0.15, 0.2) is 0 Å². The van der Waals surface area contributed by atoms with Crippen LogP contribution in [0.3, 0.4) is 0 Å². The molecule has 0 aliphatic carbocycles. The van der Waals surface area contributed by atoms with E-state index in [-0.39, 0.29) is 25.1 Å². The number of carbonyl (C=O) groups excluding carboxylic acids is 2. The Morgan fingerprint density at radius 2 is 2.00 bits per heavy atom. The molecule has 4 rings (SSSR count). The third kappa shape index (κ3) is 3.81. The first-order chi connectivity index (χ1) is 14.1. The van der Waals surface area contributed by atoms with Gasteiger partial charge in [0.05, 0.1) is 0 Å². The SMILES string of the molecule is C=CC(=O)N(C)CC1CN(C(=O)c2ccc3[nH]ccc3c2)C[C@H]1c1ccccc1.[HH].